The van der Waals surface area contributed by atoms with Gasteiger partial charge in [0.25, 0.3) is 0 Å². The van der Waals surface area contributed by atoms with Gasteiger partial charge in [0, 0.05) is 27.7 Å². The summed E-state index contributed by atoms with van der Waals surface area (Å²) in [5, 5.41) is 19.1. The number of aromatic hydroxyl groups is 1. The van der Waals surface area contributed by atoms with E-state index in [9.17, 15) is 5.11 Å². The Morgan fingerprint density at radius 3 is 2.77 bits per heavy atom. The molecule has 5 nitrogen and oxygen atoms in total. The van der Waals surface area contributed by atoms with Gasteiger partial charge in [-0.15, -0.1) is 0 Å². The zero-order valence-electron chi connectivity index (χ0n) is 14.0. The van der Waals surface area contributed by atoms with Crippen LogP contribution in [0.1, 0.15) is 22.9 Å². The Hall–Kier alpha value is -2.86. The van der Waals surface area contributed by atoms with Crippen LogP contribution in [0.15, 0.2) is 69.8 Å². The van der Waals surface area contributed by atoms with Crippen LogP contribution < -0.4 is 5.32 Å². The highest BCUT2D eigenvalue weighted by atomic mass is 79.9. The first-order chi connectivity index (χ1) is 12.6. The number of nitrogens with one attached hydrogen (secondary N) is 1. The Kier molecular flexibility index (Phi) is 4.34. The van der Waals surface area contributed by atoms with E-state index in [4.69, 9.17) is 4.52 Å². The number of halogens is 1. The first kappa shape index (κ1) is 16.6. The molecule has 4 rings (SSSR count). The minimum atomic E-state index is -0.316. The van der Waals surface area contributed by atoms with E-state index in [1.807, 2.05) is 61.5 Å². The van der Waals surface area contributed by atoms with Gasteiger partial charge in [-0.2, -0.15) is 0 Å². The van der Waals surface area contributed by atoms with Crippen molar-refractivity contribution in [2.75, 3.05) is 5.32 Å². The minimum Gasteiger partial charge on any atom is -0.505 e. The van der Waals surface area contributed by atoms with Gasteiger partial charge in [0.1, 0.15) is 17.0 Å². The van der Waals surface area contributed by atoms with E-state index >= 15 is 0 Å². The molecule has 2 aromatic carbocycles. The molecule has 0 aliphatic rings. The van der Waals surface area contributed by atoms with Crippen LogP contribution in [-0.4, -0.2) is 15.2 Å². The van der Waals surface area contributed by atoms with Gasteiger partial charge in [-0.25, -0.2) is 0 Å². The highest BCUT2D eigenvalue weighted by molar-refractivity contribution is 9.10. The molecule has 0 saturated heterocycles. The number of rotatable bonds is 4. The topological polar surface area (TPSA) is 71.2 Å². The van der Waals surface area contributed by atoms with E-state index in [0.29, 0.717) is 17.1 Å². The van der Waals surface area contributed by atoms with E-state index in [1.54, 1.807) is 6.20 Å². The number of phenolic OH excluding ortho intramolecular Hbond substituents is 1. The number of hydrogen-bond donors (Lipinski definition) is 2. The van der Waals surface area contributed by atoms with Crippen molar-refractivity contribution >= 4 is 32.7 Å². The molecule has 2 aromatic heterocycles. The fourth-order valence-corrected chi connectivity index (χ4v) is 3.40. The molecule has 1 atom stereocenters. The maximum Gasteiger partial charge on any atom is 0.170 e. The molecular formula is C20H16BrN3O2. The molecule has 0 fully saturated rings. The molecular weight excluding hydrogens is 394 g/mol. The highest BCUT2D eigenvalue weighted by Crippen LogP contribution is 2.36. The third kappa shape index (κ3) is 3.15. The number of fused-ring (bicyclic) bond motifs is 1. The Morgan fingerprint density at radius 1 is 1.12 bits per heavy atom. The maximum absolute atomic E-state index is 10.9. The summed E-state index contributed by atoms with van der Waals surface area (Å²) >= 11 is 3.51. The SMILES string of the molecule is Cc1cc(N[C@@H](c2cccc(Br)c2)c2ccc3cccnc3c2O)no1. The van der Waals surface area contributed by atoms with Gasteiger partial charge >= 0.3 is 0 Å². The summed E-state index contributed by atoms with van der Waals surface area (Å²) in [6, 6.07) is 17.1. The molecule has 0 amide bonds. The second-order valence-electron chi connectivity index (χ2n) is 6.03. The maximum atomic E-state index is 10.9. The molecule has 0 saturated carbocycles. The molecule has 130 valence electrons. The largest absolute Gasteiger partial charge is 0.505 e. The van der Waals surface area contributed by atoms with Crippen LogP contribution >= 0.6 is 15.9 Å². The van der Waals surface area contributed by atoms with Crippen molar-refractivity contribution in [3.63, 3.8) is 0 Å². The number of hydrogen-bond acceptors (Lipinski definition) is 5. The normalized spacial score (nSPS) is 12.2. The lowest BCUT2D eigenvalue weighted by atomic mass is 9.96. The summed E-state index contributed by atoms with van der Waals surface area (Å²) < 4.78 is 6.12. The van der Waals surface area contributed by atoms with E-state index in [0.717, 1.165) is 21.0 Å². The minimum absolute atomic E-state index is 0.154. The van der Waals surface area contributed by atoms with E-state index in [-0.39, 0.29) is 11.8 Å². The molecule has 0 aliphatic carbocycles. The predicted octanol–water partition coefficient (Wildman–Crippen LogP) is 5.20. The van der Waals surface area contributed by atoms with Gasteiger partial charge in [0.2, 0.25) is 0 Å². The Morgan fingerprint density at radius 2 is 2.00 bits per heavy atom. The van der Waals surface area contributed by atoms with Gasteiger partial charge in [-0.1, -0.05) is 51.4 Å². The van der Waals surface area contributed by atoms with Crippen LogP contribution in [0.2, 0.25) is 0 Å². The summed E-state index contributed by atoms with van der Waals surface area (Å²) in [7, 11) is 0. The quantitative estimate of drug-likeness (QED) is 0.484. The second-order valence-corrected chi connectivity index (χ2v) is 6.95. The number of aromatic nitrogens is 2. The molecule has 6 heteroatoms. The summed E-state index contributed by atoms with van der Waals surface area (Å²) in [5.41, 5.74) is 2.27. The molecule has 0 bridgehead atoms. The molecule has 0 aliphatic heterocycles. The second kappa shape index (κ2) is 6.80. The third-order valence-corrected chi connectivity index (χ3v) is 4.69. The van der Waals surface area contributed by atoms with Gasteiger partial charge < -0.3 is 14.9 Å². The summed E-state index contributed by atoms with van der Waals surface area (Å²) in [6.45, 7) is 1.84. The van der Waals surface area contributed by atoms with Gasteiger partial charge in [-0.3, -0.25) is 4.98 Å². The number of nitrogens with zero attached hydrogens (tertiary/aromatic N) is 2. The Bertz CT molecular complexity index is 1080. The molecule has 0 radical (unpaired) electrons. The van der Waals surface area contributed by atoms with E-state index in [2.05, 4.69) is 31.4 Å². The molecule has 2 heterocycles. The van der Waals surface area contributed by atoms with Crippen molar-refractivity contribution in [1.82, 2.24) is 10.1 Å². The Labute approximate surface area is 158 Å². The predicted molar refractivity (Wildman–Crippen MR) is 104 cm³/mol. The van der Waals surface area contributed by atoms with Gasteiger partial charge in [0.05, 0.1) is 6.04 Å². The zero-order valence-corrected chi connectivity index (χ0v) is 15.6. The molecule has 0 spiro atoms. The van der Waals surface area contributed by atoms with Crippen LogP contribution in [0.3, 0.4) is 0 Å². The lowest BCUT2D eigenvalue weighted by molar-refractivity contribution is 0.399. The fourth-order valence-electron chi connectivity index (χ4n) is 2.99. The molecule has 0 unspecified atom stereocenters. The number of phenols is 1. The summed E-state index contributed by atoms with van der Waals surface area (Å²) in [6.07, 6.45) is 1.67. The third-order valence-electron chi connectivity index (χ3n) is 4.19. The van der Waals surface area contributed by atoms with Crippen molar-refractivity contribution in [2.45, 2.75) is 13.0 Å². The lowest BCUT2D eigenvalue weighted by Crippen LogP contribution is -2.13. The van der Waals surface area contributed by atoms with Crippen molar-refractivity contribution in [2.24, 2.45) is 0 Å². The average Bonchev–Trinajstić information content (AvgIpc) is 3.06. The van der Waals surface area contributed by atoms with Crippen LogP contribution in [-0.2, 0) is 0 Å². The van der Waals surface area contributed by atoms with Gasteiger partial charge in [-0.05, 0) is 30.7 Å². The number of pyridine rings is 1. The van der Waals surface area contributed by atoms with Crippen LogP contribution in [0.25, 0.3) is 10.9 Å². The number of aryl methyl sites for hydroxylation is 1. The first-order valence-electron chi connectivity index (χ1n) is 8.14. The Balaban J connectivity index is 1.86. The van der Waals surface area contributed by atoms with Crippen molar-refractivity contribution in [1.29, 1.82) is 0 Å². The first-order valence-corrected chi connectivity index (χ1v) is 8.93. The molecule has 26 heavy (non-hydrogen) atoms. The van der Waals surface area contributed by atoms with Crippen LogP contribution in [0.5, 0.6) is 5.75 Å². The smallest absolute Gasteiger partial charge is 0.170 e. The van der Waals surface area contributed by atoms with Crippen LogP contribution in [0, 0.1) is 6.92 Å². The van der Waals surface area contributed by atoms with Crippen LogP contribution in [0.4, 0.5) is 5.82 Å². The van der Waals surface area contributed by atoms with Crippen molar-refractivity contribution < 1.29 is 9.63 Å². The summed E-state index contributed by atoms with van der Waals surface area (Å²) in [5.74, 6) is 1.47. The standard InChI is InChI=1S/C20H16BrN3O2/c1-12-10-17(24-26-12)23-18(14-4-2-6-15(21)11-14)16-8-7-13-5-3-9-22-19(13)20(16)25/h2-11,18,25H,1H3,(H,23,24)/t18-/m0/s1. The van der Waals surface area contributed by atoms with Crippen molar-refractivity contribution in [3.8, 4) is 5.75 Å². The number of benzene rings is 2. The number of anilines is 1. The zero-order chi connectivity index (χ0) is 18.1. The summed E-state index contributed by atoms with van der Waals surface area (Å²) in [4.78, 5) is 4.32. The lowest BCUT2D eigenvalue weighted by Gasteiger charge is -2.21. The fraction of sp³-hybridized carbons (Fsp3) is 0.100. The van der Waals surface area contributed by atoms with E-state index in [1.165, 1.54) is 0 Å². The average molecular weight is 410 g/mol. The molecule has 4 aromatic rings. The van der Waals surface area contributed by atoms with Gasteiger partial charge in [0.15, 0.2) is 5.82 Å². The van der Waals surface area contributed by atoms with Crippen molar-refractivity contribution in [3.05, 3.63) is 82.2 Å². The monoisotopic (exact) mass is 409 g/mol. The van der Waals surface area contributed by atoms with E-state index < -0.39 is 0 Å². The highest BCUT2D eigenvalue weighted by Gasteiger charge is 2.21. The molecule has 2 N–H and O–H groups in total.